The van der Waals surface area contributed by atoms with Crippen LogP contribution in [0.15, 0.2) is 78.9 Å². The Balaban J connectivity index is 1.52. The van der Waals surface area contributed by atoms with Crippen LogP contribution in [-0.4, -0.2) is 23.8 Å². The summed E-state index contributed by atoms with van der Waals surface area (Å²) in [6.45, 7) is 2.03. The number of nitrogens with one attached hydrogen (secondary N) is 2. The van der Waals surface area contributed by atoms with Crippen LogP contribution in [0, 0.1) is 0 Å². The minimum atomic E-state index is -0.684. The van der Waals surface area contributed by atoms with E-state index in [2.05, 4.69) is 10.6 Å². The number of benzene rings is 3. The smallest absolute Gasteiger partial charge is 0.251 e. The molecule has 0 fully saturated rings. The molecule has 0 aromatic heterocycles. The molecule has 1 unspecified atom stereocenters. The van der Waals surface area contributed by atoms with Gasteiger partial charge in [0, 0.05) is 17.7 Å². The predicted octanol–water partition coefficient (Wildman–Crippen LogP) is 3.01. The minimum Gasteiger partial charge on any atom is -0.457 e. The molecular formula is C24H23N3O4. The summed E-state index contributed by atoms with van der Waals surface area (Å²) in [7, 11) is 0. The van der Waals surface area contributed by atoms with Crippen molar-refractivity contribution in [1.29, 1.82) is 0 Å². The van der Waals surface area contributed by atoms with E-state index in [0.717, 1.165) is 5.56 Å². The summed E-state index contributed by atoms with van der Waals surface area (Å²) < 4.78 is 5.69. The molecule has 7 nitrogen and oxygen atoms in total. The molecular weight excluding hydrogens is 394 g/mol. The summed E-state index contributed by atoms with van der Waals surface area (Å²) in [5.41, 5.74) is 6.99. The van der Waals surface area contributed by atoms with Gasteiger partial charge in [0.15, 0.2) is 0 Å². The maximum absolute atomic E-state index is 12.4. The third-order valence-electron chi connectivity index (χ3n) is 4.54. The van der Waals surface area contributed by atoms with Crippen molar-refractivity contribution >= 4 is 17.7 Å². The van der Waals surface area contributed by atoms with Crippen molar-refractivity contribution < 1.29 is 19.1 Å². The second-order valence-electron chi connectivity index (χ2n) is 6.91. The van der Waals surface area contributed by atoms with Gasteiger partial charge in [0.1, 0.15) is 17.5 Å². The zero-order valence-electron chi connectivity index (χ0n) is 17.0. The first-order valence-corrected chi connectivity index (χ1v) is 9.72. The second kappa shape index (κ2) is 10.1. The van der Waals surface area contributed by atoms with E-state index in [9.17, 15) is 14.4 Å². The maximum Gasteiger partial charge on any atom is 0.251 e. The summed E-state index contributed by atoms with van der Waals surface area (Å²) in [6.07, 6.45) is 0. The fourth-order valence-corrected chi connectivity index (χ4v) is 2.78. The Kier molecular flexibility index (Phi) is 7.01. The molecule has 158 valence electrons. The summed E-state index contributed by atoms with van der Waals surface area (Å²) in [6, 6.07) is 21.8. The van der Waals surface area contributed by atoms with Crippen molar-refractivity contribution in [2.75, 3.05) is 0 Å². The highest BCUT2D eigenvalue weighted by atomic mass is 16.5. The normalized spacial score (nSPS) is 11.3. The molecule has 3 aromatic rings. The lowest BCUT2D eigenvalue weighted by Crippen LogP contribution is -2.44. The van der Waals surface area contributed by atoms with Crippen LogP contribution in [-0.2, 0) is 11.3 Å². The van der Waals surface area contributed by atoms with Crippen LogP contribution < -0.4 is 21.1 Å². The molecule has 0 radical (unpaired) electrons. The van der Waals surface area contributed by atoms with E-state index >= 15 is 0 Å². The quantitative estimate of drug-likeness (QED) is 0.523. The van der Waals surface area contributed by atoms with Crippen molar-refractivity contribution in [2.45, 2.75) is 19.5 Å². The number of nitrogens with two attached hydrogens (primary N) is 1. The van der Waals surface area contributed by atoms with Gasteiger partial charge in [-0.25, -0.2) is 0 Å². The largest absolute Gasteiger partial charge is 0.457 e. The van der Waals surface area contributed by atoms with Gasteiger partial charge in [0.2, 0.25) is 11.8 Å². The SMILES string of the molecule is CC(NC(=O)c1ccc(Oc2ccc(C(N)=O)cc2)cc1)C(=O)NCc1ccccc1. The molecule has 0 aliphatic rings. The molecule has 3 aromatic carbocycles. The topological polar surface area (TPSA) is 111 Å². The van der Waals surface area contributed by atoms with E-state index in [1.54, 1.807) is 55.5 Å². The molecule has 0 spiro atoms. The lowest BCUT2D eigenvalue weighted by Gasteiger charge is -2.14. The zero-order chi connectivity index (χ0) is 22.2. The molecule has 0 aliphatic heterocycles. The fourth-order valence-electron chi connectivity index (χ4n) is 2.78. The fraction of sp³-hybridized carbons (Fsp3) is 0.125. The highest BCUT2D eigenvalue weighted by Gasteiger charge is 2.16. The number of amides is 3. The standard InChI is InChI=1S/C24H23N3O4/c1-16(23(29)26-15-17-5-3-2-4-6-17)27-24(30)19-9-13-21(14-10-19)31-20-11-7-18(8-12-20)22(25)28/h2-14,16H,15H2,1H3,(H2,25,28)(H,26,29)(H,27,30). The molecule has 0 heterocycles. The molecule has 0 saturated heterocycles. The molecule has 31 heavy (non-hydrogen) atoms. The van der Waals surface area contributed by atoms with Gasteiger partial charge in [-0.1, -0.05) is 30.3 Å². The van der Waals surface area contributed by atoms with E-state index in [4.69, 9.17) is 10.5 Å². The van der Waals surface area contributed by atoms with Gasteiger partial charge in [-0.15, -0.1) is 0 Å². The lowest BCUT2D eigenvalue weighted by molar-refractivity contribution is -0.122. The van der Waals surface area contributed by atoms with Crippen LogP contribution in [0.3, 0.4) is 0 Å². The van der Waals surface area contributed by atoms with Crippen molar-refractivity contribution in [3.05, 3.63) is 95.6 Å². The summed E-state index contributed by atoms with van der Waals surface area (Å²) in [4.78, 5) is 35.8. The molecule has 3 rings (SSSR count). The highest BCUT2D eigenvalue weighted by Crippen LogP contribution is 2.22. The number of carbonyl (C=O) groups excluding carboxylic acids is 3. The van der Waals surface area contributed by atoms with Crippen LogP contribution in [0.25, 0.3) is 0 Å². The molecule has 4 N–H and O–H groups in total. The minimum absolute atomic E-state index is 0.267. The summed E-state index contributed by atoms with van der Waals surface area (Å²) in [5, 5.41) is 5.48. The molecule has 3 amide bonds. The molecule has 0 aliphatic carbocycles. The van der Waals surface area contributed by atoms with Crippen LogP contribution in [0.2, 0.25) is 0 Å². The van der Waals surface area contributed by atoms with Crippen molar-refractivity contribution in [3.63, 3.8) is 0 Å². The highest BCUT2D eigenvalue weighted by molar-refractivity contribution is 5.97. The number of hydrogen-bond acceptors (Lipinski definition) is 4. The van der Waals surface area contributed by atoms with Crippen molar-refractivity contribution in [2.24, 2.45) is 5.73 Å². The first-order valence-electron chi connectivity index (χ1n) is 9.72. The average molecular weight is 417 g/mol. The van der Waals surface area contributed by atoms with Crippen molar-refractivity contribution in [3.8, 4) is 11.5 Å². The first kappa shape index (κ1) is 21.6. The van der Waals surface area contributed by atoms with Crippen LogP contribution in [0.5, 0.6) is 11.5 Å². The number of carbonyl (C=O) groups is 3. The third-order valence-corrected chi connectivity index (χ3v) is 4.54. The van der Waals surface area contributed by atoms with Gasteiger partial charge in [0.25, 0.3) is 5.91 Å². The Hall–Kier alpha value is -4.13. The Labute approximate surface area is 180 Å². The van der Waals surface area contributed by atoms with E-state index < -0.39 is 11.9 Å². The second-order valence-corrected chi connectivity index (χ2v) is 6.91. The van der Waals surface area contributed by atoms with E-state index in [1.807, 2.05) is 30.3 Å². The van der Waals surface area contributed by atoms with E-state index in [0.29, 0.717) is 29.2 Å². The Bertz CT molecular complexity index is 1050. The van der Waals surface area contributed by atoms with Gasteiger partial charge in [-0.2, -0.15) is 0 Å². The van der Waals surface area contributed by atoms with Gasteiger partial charge < -0.3 is 21.1 Å². The monoisotopic (exact) mass is 417 g/mol. The Morgan fingerprint density at radius 1 is 0.839 bits per heavy atom. The van der Waals surface area contributed by atoms with Crippen molar-refractivity contribution in [1.82, 2.24) is 10.6 Å². The number of hydrogen-bond donors (Lipinski definition) is 3. The third kappa shape index (κ3) is 6.17. The maximum atomic E-state index is 12.4. The zero-order valence-corrected chi connectivity index (χ0v) is 17.0. The first-order chi connectivity index (χ1) is 14.9. The number of ether oxygens (including phenoxy) is 1. The van der Waals surface area contributed by atoms with Gasteiger partial charge in [0.05, 0.1) is 0 Å². The Morgan fingerprint density at radius 2 is 1.39 bits per heavy atom. The lowest BCUT2D eigenvalue weighted by atomic mass is 10.2. The van der Waals surface area contributed by atoms with Gasteiger partial charge in [-0.05, 0) is 61.0 Å². The van der Waals surface area contributed by atoms with Crippen LogP contribution in [0.4, 0.5) is 0 Å². The van der Waals surface area contributed by atoms with Gasteiger partial charge >= 0.3 is 0 Å². The van der Waals surface area contributed by atoms with E-state index in [1.165, 1.54) is 0 Å². The summed E-state index contributed by atoms with van der Waals surface area (Å²) >= 11 is 0. The average Bonchev–Trinajstić information content (AvgIpc) is 2.79. The molecule has 0 bridgehead atoms. The number of rotatable bonds is 8. The predicted molar refractivity (Wildman–Crippen MR) is 117 cm³/mol. The number of primary amides is 1. The van der Waals surface area contributed by atoms with Crippen LogP contribution in [0.1, 0.15) is 33.2 Å². The Morgan fingerprint density at radius 3 is 1.94 bits per heavy atom. The van der Waals surface area contributed by atoms with Crippen LogP contribution >= 0.6 is 0 Å². The summed E-state index contributed by atoms with van der Waals surface area (Å²) in [5.74, 6) is -0.0795. The molecule has 1 atom stereocenters. The molecule has 0 saturated carbocycles. The molecule has 7 heteroatoms. The van der Waals surface area contributed by atoms with E-state index in [-0.39, 0.29) is 11.8 Å². The van der Waals surface area contributed by atoms with Gasteiger partial charge in [-0.3, -0.25) is 14.4 Å².